The van der Waals surface area contributed by atoms with Crippen LogP contribution in [0.15, 0.2) is 42.7 Å². The molecule has 1 aromatic heterocycles. The van der Waals surface area contributed by atoms with E-state index in [0.717, 1.165) is 15.7 Å². The first-order valence-electron chi connectivity index (χ1n) is 4.92. The summed E-state index contributed by atoms with van der Waals surface area (Å²) in [6, 6.07) is 8.61. The first kappa shape index (κ1) is 12.0. The molecular weight excluding hydrogens is 251 g/mol. The SMILES string of the molecule is FC(F)(F)Cn1ccc(-c2ccc(Cl)cc2)c1. The maximum Gasteiger partial charge on any atom is 0.406 e. The van der Waals surface area contributed by atoms with Crippen LogP contribution in [0.4, 0.5) is 13.2 Å². The predicted molar refractivity (Wildman–Crippen MR) is 60.9 cm³/mol. The minimum absolute atomic E-state index is 0.600. The van der Waals surface area contributed by atoms with Crippen molar-refractivity contribution in [1.29, 1.82) is 0 Å². The Morgan fingerprint density at radius 2 is 1.65 bits per heavy atom. The quantitative estimate of drug-likeness (QED) is 0.755. The van der Waals surface area contributed by atoms with Gasteiger partial charge in [-0.15, -0.1) is 0 Å². The standard InChI is InChI=1S/C12H9ClF3N/c13-11-3-1-9(2-4-11)10-5-6-17(7-10)8-12(14,15)16/h1-7H,8H2. The van der Waals surface area contributed by atoms with Gasteiger partial charge in [0.1, 0.15) is 6.54 Å². The zero-order valence-electron chi connectivity index (χ0n) is 8.71. The molecule has 17 heavy (non-hydrogen) atoms. The Labute approximate surface area is 101 Å². The van der Waals surface area contributed by atoms with E-state index in [1.54, 1.807) is 30.3 Å². The Hall–Kier alpha value is -1.42. The molecule has 0 spiro atoms. The van der Waals surface area contributed by atoms with Crippen molar-refractivity contribution >= 4 is 11.6 Å². The van der Waals surface area contributed by atoms with Gasteiger partial charge in [-0.25, -0.2) is 0 Å². The molecule has 0 aliphatic carbocycles. The molecule has 2 rings (SSSR count). The molecule has 0 saturated heterocycles. The lowest BCUT2D eigenvalue weighted by atomic mass is 10.1. The molecule has 2 aromatic rings. The number of nitrogens with zero attached hydrogens (tertiary/aromatic N) is 1. The third-order valence-corrected chi connectivity index (χ3v) is 2.54. The summed E-state index contributed by atoms with van der Waals surface area (Å²) in [6.07, 6.45) is -1.32. The van der Waals surface area contributed by atoms with E-state index in [1.165, 1.54) is 12.4 Å². The van der Waals surface area contributed by atoms with Crippen molar-refractivity contribution in [2.75, 3.05) is 0 Å². The Balaban J connectivity index is 2.21. The fourth-order valence-electron chi connectivity index (χ4n) is 1.56. The Kier molecular flexibility index (Phi) is 3.15. The molecular formula is C12H9ClF3N. The molecule has 0 radical (unpaired) electrons. The van der Waals surface area contributed by atoms with E-state index in [4.69, 9.17) is 11.6 Å². The molecule has 0 aliphatic rings. The fraction of sp³-hybridized carbons (Fsp3) is 0.167. The fourth-order valence-corrected chi connectivity index (χ4v) is 1.69. The molecule has 0 atom stereocenters. The van der Waals surface area contributed by atoms with Gasteiger partial charge in [0.2, 0.25) is 0 Å². The lowest BCUT2D eigenvalue weighted by molar-refractivity contribution is -0.140. The van der Waals surface area contributed by atoms with Crippen LogP contribution in [0.5, 0.6) is 0 Å². The molecule has 5 heteroatoms. The third kappa shape index (κ3) is 3.27. The smallest absolute Gasteiger partial charge is 0.345 e. The van der Waals surface area contributed by atoms with Crippen molar-refractivity contribution in [2.45, 2.75) is 12.7 Å². The summed E-state index contributed by atoms with van der Waals surface area (Å²) in [5.74, 6) is 0. The molecule has 0 saturated carbocycles. The summed E-state index contributed by atoms with van der Waals surface area (Å²) in [4.78, 5) is 0. The molecule has 0 amide bonds. The zero-order chi connectivity index (χ0) is 12.5. The van der Waals surface area contributed by atoms with Gasteiger partial charge in [-0.2, -0.15) is 13.2 Å². The molecule has 0 bridgehead atoms. The van der Waals surface area contributed by atoms with Gasteiger partial charge in [0.05, 0.1) is 0 Å². The number of rotatable bonds is 2. The Morgan fingerprint density at radius 3 is 2.24 bits per heavy atom. The van der Waals surface area contributed by atoms with Crippen LogP contribution in [-0.2, 0) is 6.54 Å². The lowest BCUT2D eigenvalue weighted by Crippen LogP contribution is -2.16. The number of alkyl halides is 3. The van der Waals surface area contributed by atoms with Gasteiger partial charge < -0.3 is 4.57 Å². The number of hydrogen-bond donors (Lipinski definition) is 0. The Bertz CT molecular complexity index is 499. The highest BCUT2D eigenvalue weighted by molar-refractivity contribution is 6.30. The summed E-state index contributed by atoms with van der Waals surface area (Å²) in [6.45, 7) is -0.972. The molecule has 1 heterocycles. The first-order valence-corrected chi connectivity index (χ1v) is 5.30. The summed E-state index contributed by atoms with van der Waals surface area (Å²) >= 11 is 5.74. The first-order chi connectivity index (χ1) is 7.94. The van der Waals surface area contributed by atoms with Crippen LogP contribution in [0, 0.1) is 0 Å². The van der Waals surface area contributed by atoms with Gasteiger partial charge in [-0.1, -0.05) is 23.7 Å². The van der Waals surface area contributed by atoms with Gasteiger partial charge >= 0.3 is 6.18 Å². The van der Waals surface area contributed by atoms with E-state index >= 15 is 0 Å². The van der Waals surface area contributed by atoms with Crippen LogP contribution in [0.3, 0.4) is 0 Å². The lowest BCUT2D eigenvalue weighted by Gasteiger charge is -2.06. The Morgan fingerprint density at radius 1 is 1.00 bits per heavy atom. The van der Waals surface area contributed by atoms with Crippen LogP contribution in [0.25, 0.3) is 11.1 Å². The van der Waals surface area contributed by atoms with Crippen molar-refractivity contribution < 1.29 is 13.2 Å². The number of hydrogen-bond acceptors (Lipinski definition) is 0. The topological polar surface area (TPSA) is 4.93 Å². The third-order valence-electron chi connectivity index (χ3n) is 2.29. The van der Waals surface area contributed by atoms with Gasteiger partial charge in [-0.05, 0) is 29.3 Å². The van der Waals surface area contributed by atoms with Crippen molar-refractivity contribution in [3.8, 4) is 11.1 Å². The molecule has 0 unspecified atom stereocenters. The summed E-state index contributed by atoms with van der Waals surface area (Å²) < 4.78 is 37.6. The number of benzene rings is 1. The van der Waals surface area contributed by atoms with E-state index in [-0.39, 0.29) is 0 Å². The summed E-state index contributed by atoms with van der Waals surface area (Å²) in [5.41, 5.74) is 1.58. The highest BCUT2D eigenvalue weighted by atomic mass is 35.5. The number of halogens is 4. The molecule has 0 fully saturated rings. The average molecular weight is 260 g/mol. The van der Waals surface area contributed by atoms with Gasteiger partial charge in [0.25, 0.3) is 0 Å². The van der Waals surface area contributed by atoms with Gasteiger partial charge in [-0.3, -0.25) is 0 Å². The van der Waals surface area contributed by atoms with E-state index in [9.17, 15) is 13.2 Å². The zero-order valence-corrected chi connectivity index (χ0v) is 9.46. The average Bonchev–Trinajstić information content (AvgIpc) is 2.64. The number of aromatic nitrogens is 1. The van der Waals surface area contributed by atoms with E-state index in [1.807, 2.05) is 0 Å². The van der Waals surface area contributed by atoms with Crippen LogP contribution in [0.2, 0.25) is 5.02 Å². The maximum atomic E-state index is 12.2. The second-order valence-electron chi connectivity index (χ2n) is 3.69. The van der Waals surface area contributed by atoms with Crippen molar-refractivity contribution in [3.05, 3.63) is 47.7 Å². The van der Waals surface area contributed by atoms with E-state index in [0.29, 0.717) is 5.02 Å². The minimum atomic E-state index is -4.20. The predicted octanol–water partition coefficient (Wildman–Crippen LogP) is 4.37. The second kappa shape index (κ2) is 4.45. The van der Waals surface area contributed by atoms with Crippen molar-refractivity contribution in [1.82, 2.24) is 4.57 Å². The molecule has 0 aliphatic heterocycles. The van der Waals surface area contributed by atoms with Crippen molar-refractivity contribution in [3.63, 3.8) is 0 Å². The highest BCUT2D eigenvalue weighted by Crippen LogP contribution is 2.24. The highest BCUT2D eigenvalue weighted by Gasteiger charge is 2.27. The molecule has 1 aromatic carbocycles. The van der Waals surface area contributed by atoms with Crippen LogP contribution >= 0.6 is 11.6 Å². The van der Waals surface area contributed by atoms with E-state index in [2.05, 4.69) is 0 Å². The van der Waals surface area contributed by atoms with Gasteiger partial charge in [0, 0.05) is 17.4 Å². The minimum Gasteiger partial charge on any atom is -0.345 e. The summed E-state index contributed by atoms with van der Waals surface area (Å²) in [7, 11) is 0. The van der Waals surface area contributed by atoms with Crippen molar-refractivity contribution in [2.24, 2.45) is 0 Å². The second-order valence-corrected chi connectivity index (χ2v) is 4.13. The van der Waals surface area contributed by atoms with Gasteiger partial charge in [0.15, 0.2) is 0 Å². The van der Waals surface area contributed by atoms with Crippen LogP contribution < -0.4 is 0 Å². The molecule has 90 valence electrons. The van der Waals surface area contributed by atoms with E-state index < -0.39 is 12.7 Å². The van der Waals surface area contributed by atoms with Crippen LogP contribution in [-0.4, -0.2) is 10.7 Å². The normalized spacial score (nSPS) is 11.8. The molecule has 0 N–H and O–H groups in total. The molecule has 1 nitrogen and oxygen atoms in total. The van der Waals surface area contributed by atoms with Crippen LogP contribution in [0.1, 0.15) is 0 Å². The largest absolute Gasteiger partial charge is 0.406 e. The summed E-state index contributed by atoms with van der Waals surface area (Å²) in [5, 5.41) is 0.600. The monoisotopic (exact) mass is 259 g/mol. The maximum absolute atomic E-state index is 12.2.